The maximum absolute atomic E-state index is 13.0. The average molecular weight is 284 g/mol. The zero-order valence-electron chi connectivity index (χ0n) is 10.9. The van der Waals surface area contributed by atoms with E-state index in [9.17, 15) is 4.39 Å². The van der Waals surface area contributed by atoms with Crippen LogP contribution in [0.5, 0.6) is 0 Å². The zero-order valence-corrected chi connectivity index (χ0v) is 11.7. The Labute approximate surface area is 121 Å². The molecule has 20 heavy (non-hydrogen) atoms. The quantitative estimate of drug-likeness (QED) is 0.712. The molecule has 4 heteroatoms. The van der Waals surface area contributed by atoms with Crippen LogP contribution in [0.15, 0.2) is 59.6 Å². The van der Waals surface area contributed by atoms with E-state index < -0.39 is 0 Å². The van der Waals surface area contributed by atoms with Gasteiger partial charge in [0.05, 0.1) is 11.9 Å². The summed E-state index contributed by atoms with van der Waals surface area (Å²) in [6, 6.07) is 14.7. The van der Waals surface area contributed by atoms with Gasteiger partial charge in [0.25, 0.3) is 0 Å². The highest BCUT2D eigenvalue weighted by Crippen LogP contribution is 2.31. The molecule has 0 aliphatic rings. The number of aromatic nitrogens is 2. The van der Waals surface area contributed by atoms with E-state index in [0.717, 1.165) is 22.4 Å². The highest BCUT2D eigenvalue weighted by Gasteiger charge is 2.09. The SMILES string of the molecule is CSc1ccc(-c2[nH]ncc2-c2ccc(F)cc2)cc1. The first-order chi connectivity index (χ1) is 9.78. The Bertz CT molecular complexity index is 702. The largest absolute Gasteiger partial charge is 0.277 e. The Morgan fingerprint density at radius 1 is 0.950 bits per heavy atom. The van der Waals surface area contributed by atoms with Crippen LogP contribution in [0.2, 0.25) is 0 Å². The van der Waals surface area contributed by atoms with Crippen LogP contribution in [0.4, 0.5) is 4.39 Å². The number of thioether (sulfide) groups is 1. The van der Waals surface area contributed by atoms with Gasteiger partial charge in [-0.3, -0.25) is 5.10 Å². The normalized spacial score (nSPS) is 10.7. The fourth-order valence-electron chi connectivity index (χ4n) is 2.11. The third kappa shape index (κ3) is 2.47. The topological polar surface area (TPSA) is 28.7 Å². The van der Waals surface area contributed by atoms with E-state index in [4.69, 9.17) is 0 Å². The van der Waals surface area contributed by atoms with Crippen molar-refractivity contribution in [2.75, 3.05) is 6.26 Å². The molecular formula is C16H13FN2S. The maximum Gasteiger partial charge on any atom is 0.123 e. The number of hydrogen-bond donors (Lipinski definition) is 1. The Morgan fingerprint density at radius 2 is 1.60 bits per heavy atom. The molecule has 2 aromatic carbocycles. The number of nitrogens with zero attached hydrogens (tertiary/aromatic N) is 1. The monoisotopic (exact) mass is 284 g/mol. The molecule has 0 saturated carbocycles. The van der Waals surface area contributed by atoms with Crippen molar-refractivity contribution in [3.05, 3.63) is 60.5 Å². The Hall–Kier alpha value is -2.07. The molecule has 0 aliphatic heterocycles. The summed E-state index contributed by atoms with van der Waals surface area (Å²) in [5.74, 6) is -0.233. The molecule has 1 aromatic heterocycles. The van der Waals surface area contributed by atoms with Gasteiger partial charge in [0, 0.05) is 16.0 Å². The first kappa shape index (κ1) is 12.9. The van der Waals surface area contributed by atoms with Crippen molar-refractivity contribution in [2.45, 2.75) is 4.90 Å². The third-order valence-electron chi connectivity index (χ3n) is 3.17. The zero-order chi connectivity index (χ0) is 13.9. The second-order valence-corrected chi connectivity index (χ2v) is 5.27. The third-order valence-corrected chi connectivity index (χ3v) is 3.92. The van der Waals surface area contributed by atoms with Gasteiger partial charge in [-0.1, -0.05) is 24.3 Å². The first-order valence-electron chi connectivity index (χ1n) is 6.21. The average Bonchev–Trinajstić information content (AvgIpc) is 2.97. The lowest BCUT2D eigenvalue weighted by atomic mass is 10.0. The molecule has 1 heterocycles. The van der Waals surface area contributed by atoms with Gasteiger partial charge in [0.15, 0.2) is 0 Å². The van der Waals surface area contributed by atoms with Gasteiger partial charge in [-0.05, 0) is 36.1 Å². The lowest BCUT2D eigenvalue weighted by Crippen LogP contribution is -1.83. The van der Waals surface area contributed by atoms with Gasteiger partial charge < -0.3 is 0 Å². The minimum atomic E-state index is -0.233. The maximum atomic E-state index is 13.0. The van der Waals surface area contributed by atoms with Crippen LogP contribution < -0.4 is 0 Å². The van der Waals surface area contributed by atoms with Crippen LogP contribution >= 0.6 is 11.8 Å². The lowest BCUT2D eigenvalue weighted by Gasteiger charge is -2.04. The molecule has 0 radical (unpaired) electrons. The van der Waals surface area contributed by atoms with Crippen molar-refractivity contribution in [2.24, 2.45) is 0 Å². The van der Waals surface area contributed by atoms with E-state index in [1.165, 1.54) is 17.0 Å². The molecule has 0 saturated heterocycles. The molecule has 0 aliphatic carbocycles. The fraction of sp³-hybridized carbons (Fsp3) is 0.0625. The van der Waals surface area contributed by atoms with Crippen molar-refractivity contribution in [3.63, 3.8) is 0 Å². The summed E-state index contributed by atoms with van der Waals surface area (Å²) in [5.41, 5.74) is 3.94. The first-order valence-corrected chi connectivity index (χ1v) is 7.44. The van der Waals surface area contributed by atoms with Crippen LogP contribution in [0.25, 0.3) is 22.4 Å². The van der Waals surface area contributed by atoms with E-state index in [1.54, 1.807) is 30.1 Å². The molecule has 0 spiro atoms. The molecule has 0 amide bonds. The van der Waals surface area contributed by atoms with Crippen molar-refractivity contribution in [1.29, 1.82) is 0 Å². The number of hydrogen-bond acceptors (Lipinski definition) is 2. The molecule has 0 atom stereocenters. The smallest absolute Gasteiger partial charge is 0.123 e. The summed E-state index contributed by atoms with van der Waals surface area (Å²) in [6.45, 7) is 0. The Morgan fingerprint density at radius 3 is 2.25 bits per heavy atom. The van der Waals surface area contributed by atoms with Gasteiger partial charge in [-0.2, -0.15) is 5.10 Å². The molecule has 100 valence electrons. The number of rotatable bonds is 3. The molecule has 0 fully saturated rings. The standard InChI is InChI=1S/C16H13FN2S/c1-20-14-8-4-12(5-9-14)16-15(10-18-19-16)11-2-6-13(17)7-3-11/h2-10H,1H3,(H,18,19). The molecule has 2 nitrogen and oxygen atoms in total. The summed E-state index contributed by atoms with van der Waals surface area (Å²) >= 11 is 1.71. The van der Waals surface area contributed by atoms with Gasteiger partial charge in [-0.15, -0.1) is 11.8 Å². The van der Waals surface area contributed by atoms with Crippen molar-refractivity contribution in [1.82, 2.24) is 10.2 Å². The van der Waals surface area contributed by atoms with Gasteiger partial charge in [0.1, 0.15) is 5.82 Å². The van der Waals surface area contributed by atoms with Gasteiger partial charge in [0.2, 0.25) is 0 Å². The number of aromatic amines is 1. The van der Waals surface area contributed by atoms with Gasteiger partial charge >= 0.3 is 0 Å². The molecule has 3 aromatic rings. The highest BCUT2D eigenvalue weighted by molar-refractivity contribution is 7.98. The summed E-state index contributed by atoms with van der Waals surface area (Å²) < 4.78 is 13.0. The predicted octanol–water partition coefficient (Wildman–Crippen LogP) is 4.60. The second kappa shape index (κ2) is 5.51. The number of nitrogens with one attached hydrogen (secondary N) is 1. The van der Waals surface area contributed by atoms with Crippen molar-refractivity contribution >= 4 is 11.8 Å². The number of H-pyrrole nitrogens is 1. The molecule has 3 rings (SSSR count). The van der Waals surface area contributed by atoms with E-state index in [-0.39, 0.29) is 5.82 Å². The minimum absolute atomic E-state index is 0.233. The summed E-state index contributed by atoms with van der Waals surface area (Å²) in [7, 11) is 0. The Balaban J connectivity index is 2.02. The summed E-state index contributed by atoms with van der Waals surface area (Å²) in [5, 5.41) is 7.14. The van der Waals surface area contributed by atoms with Crippen LogP contribution in [-0.4, -0.2) is 16.5 Å². The van der Waals surface area contributed by atoms with E-state index >= 15 is 0 Å². The van der Waals surface area contributed by atoms with Gasteiger partial charge in [-0.25, -0.2) is 4.39 Å². The van der Waals surface area contributed by atoms with Crippen molar-refractivity contribution in [3.8, 4) is 22.4 Å². The molecule has 0 unspecified atom stereocenters. The van der Waals surface area contributed by atoms with Crippen LogP contribution in [0.1, 0.15) is 0 Å². The van der Waals surface area contributed by atoms with Crippen LogP contribution in [0.3, 0.4) is 0 Å². The van der Waals surface area contributed by atoms with Crippen molar-refractivity contribution < 1.29 is 4.39 Å². The van der Waals surface area contributed by atoms with Crippen LogP contribution in [0, 0.1) is 5.82 Å². The second-order valence-electron chi connectivity index (χ2n) is 4.39. The molecule has 0 bridgehead atoms. The highest BCUT2D eigenvalue weighted by atomic mass is 32.2. The van der Waals surface area contributed by atoms with E-state index in [2.05, 4.69) is 40.7 Å². The van der Waals surface area contributed by atoms with E-state index in [0.29, 0.717) is 0 Å². The number of halogens is 1. The van der Waals surface area contributed by atoms with E-state index in [1.807, 2.05) is 0 Å². The minimum Gasteiger partial charge on any atom is -0.277 e. The lowest BCUT2D eigenvalue weighted by molar-refractivity contribution is 0.628. The Kier molecular flexibility index (Phi) is 3.56. The summed E-state index contributed by atoms with van der Waals surface area (Å²) in [6.07, 6.45) is 3.82. The predicted molar refractivity (Wildman–Crippen MR) is 81.2 cm³/mol. The fourth-order valence-corrected chi connectivity index (χ4v) is 2.52. The summed E-state index contributed by atoms with van der Waals surface area (Å²) in [4.78, 5) is 1.22. The molecule has 1 N–H and O–H groups in total. The molecular weight excluding hydrogens is 271 g/mol. The van der Waals surface area contributed by atoms with Crippen LogP contribution in [-0.2, 0) is 0 Å². The number of benzene rings is 2.